The van der Waals surface area contributed by atoms with Crippen molar-refractivity contribution in [2.75, 3.05) is 30.2 Å². The first-order chi connectivity index (χ1) is 13.8. The Bertz CT molecular complexity index is 1150. The summed E-state index contributed by atoms with van der Waals surface area (Å²) in [5.74, 6) is 0.949. The molecule has 2 aromatic carbocycles. The molecule has 2 aliphatic rings. The Balaban J connectivity index is 1.58. The molecule has 4 rings (SSSR count). The van der Waals surface area contributed by atoms with Gasteiger partial charge in [0.2, 0.25) is 10.0 Å². The Morgan fingerprint density at radius 1 is 0.966 bits per heavy atom. The van der Waals surface area contributed by atoms with E-state index in [4.69, 9.17) is 9.47 Å². The summed E-state index contributed by atoms with van der Waals surface area (Å²) < 4.78 is 64.9. The van der Waals surface area contributed by atoms with Gasteiger partial charge in [0.25, 0.3) is 10.0 Å². The molecule has 0 fully saturated rings. The zero-order valence-electron chi connectivity index (χ0n) is 15.9. The molecule has 2 aromatic rings. The number of ether oxygens (including phenoxy) is 2. The molecule has 1 N–H and O–H groups in total. The van der Waals surface area contributed by atoms with Crippen LogP contribution in [0.2, 0.25) is 0 Å². The van der Waals surface area contributed by atoms with Gasteiger partial charge in [0, 0.05) is 24.8 Å². The number of benzene rings is 2. The lowest BCUT2D eigenvalue weighted by Crippen LogP contribution is -2.36. The van der Waals surface area contributed by atoms with Gasteiger partial charge in [-0.25, -0.2) is 16.8 Å². The minimum atomic E-state index is -3.84. The molecule has 0 unspecified atom stereocenters. The lowest BCUT2D eigenvalue weighted by atomic mass is 10.0. The van der Waals surface area contributed by atoms with Crippen molar-refractivity contribution in [2.24, 2.45) is 0 Å². The van der Waals surface area contributed by atoms with Crippen molar-refractivity contribution in [1.29, 1.82) is 0 Å². The van der Waals surface area contributed by atoms with Gasteiger partial charge in [0.05, 0.1) is 10.6 Å². The van der Waals surface area contributed by atoms with E-state index in [2.05, 4.69) is 4.72 Å². The molecule has 0 spiro atoms. The minimum absolute atomic E-state index is 0.0404. The van der Waals surface area contributed by atoms with Crippen LogP contribution in [0.5, 0.6) is 11.5 Å². The Hall–Kier alpha value is -2.30. The van der Waals surface area contributed by atoms with Crippen LogP contribution in [0.15, 0.2) is 41.3 Å². The van der Waals surface area contributed by atoms with Crippen LogP contribution in [0.25, 0.3) is 0 Å². The van der Waals surface area contributed by atoms with E-state index in [1.54, 1.807) is 25.1 Å². The predicted molar refractivity (Wildman–Crippen MR) is 108 cm³/mol. The number of hydrogen-bond acceptors (Lipinski definition) is 6. The van der Waals surface area contributed by atoms with Crippen LogP contribution in [-0.2, 0) is 33.0 Å². The SMILES string of the molecule is CCS(=O)(=O)N1CCc2ccc(NS(=O)(=O)c3ccc4c(c3)OCCO4)cc2C1. The maximum Gasteiger partial charge on any atom is 0.262 e. The summed E-state index contributed by atoms with van der Waals surface area (Å²) in [6.45, 7) is 3.09. The number of fused-ring (bicyclic) bond motifs is 2. The standard InChI is InChI=1S/C19H22N2O6S2/c1-2-28(22,23)21-8-7-14-3-4-16(11-15(14)13-21)20-29(24,25)17-5-6-18-19(12-17)27-10-9-26-18/h3-6,11-12,20H,2,7-10,13H2,1H3. The van der Waals surface area contributed by atoms with E-state index in [0.29, 0.717) is 43.4 Å². The van der Waals surface area contributed by atoms with Crippen LogP contribution in [0, 0.1) is 0 Å². The van der Waals surface area contributed by atoms with Crippen LogP contribution >= 0.6 is 0 Å². The summed E-state index contributed by atoms with van der Waals surface area (Å²) in [5.41, 5.74) is 2.21. The molecule has 0 aliphatic carbocycles. The van der Waals surface area contributed by atoms with E-state index in [-0.39, 0.29) is 17.2 Å². The lowest BCUT2D eigenvalue weighted by molar-refractivity contribution is 0.171. The van der Waals surface area contributed by atoms with Crippen LogP contribution < -0.4 is 14.2 Å². The van der Waals surface area contributed by atoms with E-state index >= 15 is 0 Å². The monoisotopic (exact) mass is 438 g/mol. The Morgan fingerprint density at radius 3 is 2.48 bits per heavy atom. The Morgan fingerprint density at radius 2 is 1.72 bits per heavy atom. The molecule has 0 saturated carbocycles. The van der Waals surface area contributed by atoms with Gasteiger partial charge in [-0.3, -0.25) is 4.72 Å². The molecular weight excluding hydrogens is 416 g/mol. The number of hydrogen-bond donors (Lipinski definition) is 1. The van der Waals surface area contributed by atoms with Gasteiger partial charge in [-0.2, -0.15) is 4.31 Å². The third kappa shape index (κ3) is 4.05. The number of nitrogens with zero attached hydrogens (tertiary/aromatic N) is 1. The molecule has 0 aromatic heterocycles. The molecular formula is C19H22N2O6S2. The second kappa shape index (κ2) is 7.51. The van der Waals surface area contributed by atoms with Crippen LogP contribution in [0.3, 0.4) is 0 Å². The summed E-state index contributed by atoms with van der Waals surface area (Å²) in [7, 11) is -7.13. The maximum atomic E-state index is 12.8. The summed E-state index contributed by atoms with van der Waals surface area (Å²) >= 11 is 0. The quantitative estimate of drug-likeness (QED) is 0.766. The molecule has 2 heterocycles. The maximum absolute atomic E-state index is 12.8. The Labute approximate surface area is 170 Å². The lowest BCUT2D eigenvalue weighted by Gasteiger charge is -2.28. The fourth-order valence-corrected chi connectivity index (χ4v) is 5.55. The van der Waals surface area contributed by atoms with Crippen molar-refractivity contribution < 1.29 is 26.3 Å². The molecule has 2 aliphatic heterocycles. The Kier molecular flexibility index (Phi) is 5.18. The van der Waals surface area contributed by atoms with E-state index in [9.17, 15) is 16.8 Å². The van der Waals surface area contributed by atoms with Crippen molar-refractivity contribution in [3.63, 3.8) is 0 Å². The molecule has 8 nitrogen and oxygen atoms in total. The highest BCUT2D eigenvalue weighted by molar-refractivity contribution is 7.92. The van der Waals surface area contributed by atoms with Crippen molar-refractivity contribution in [3.8, 4) is 11.5 Å². The highest BCUT2D eigenvalue weighted by Gasteiger charge is 2.26. The minimum Gasteiger partial charge on any atom is -0.486 e. The fourth-order valence-electron chi connectivity index (χ4n) is 3.42. The molecule has 0 amide bonds. The van der Waals surface area contributed by atoms with Gasteiger partial charge < -0.3 is 9.47 Å². The van der Waals surface area contributed by atoms with Crippen molar-refractivity contribution in [2.45, 2.75) is 24.8 Å². The van der Waals surface area contributed by atoms with Crippen molar-refractivity contribution >= 4 is 25.7 Å². The van der Waals surface area contributed by atoms with Gasteiger partial charge >= 0.3 is 0 Å². The predicted octanol–water partition coefficient (Wildman–Crippen LogP) is 1.97. The average molecular weight is 439 g/mol. The molecule has 156 valence electrons. The number of anilines is 1. The first-order valence-corrected chi connectivity index (χ1v) is 12.4. The molecule has 29 heavy (non-hydrogen) atoms. The summed E-state index contributed by atoms with van der Waals surface area (Å²) in [6, 6.07) is 9.70. The first kappa shape index (κ1) is 20.0. The molecule has 0 radical (unpaired) electrons. The van der Waals surface area contributed by atoms with Gasteiger partial charge in [-0.1, -0.05) is 6.07 Å². The van der Waals surface area contributed by atoms with Gasteiger partial charge in [-0.05, 0) is 48.7 Å². The normalized spacial score (nSPS) is 16.9. The third-order valence-corrected chi connectivity index (χ3v) is 8.22. The van der Waals surface area contributed by atoms with Crippen LogP contribution in [-0.4, -0.2) is 46.7 Å². The van der Waals surface area contributed by atoms with E-state index in [0.717, 1.165) is 11.1 Å². The summed E-state index contributed by atoms with van der Waals surface area (Å²) in [4.78, 5) is 0.0645. The van der Waals surface area contributed by atoms with Crippen molar-refractivity contribution in [1.82, 2.24) is 4.31 Å². The number of nitrogens with one attached hydrogen (secondary N) is 1. The molecule has 0 bridgehead atoms. The summed E-state index contributed by atoms with van der Waals surface area (Å²) in [6.07, 6.45) is 0.601. The van der Waals surface area contributed by atoms with E-state index < -0.39 is 20.0 Å². The average Bonchev–Trinajstić information content (AvgIpc) is 2.72. The topological polar surface area (TPSA) is 102 Å². The van der Waals surface area contributed by atoms with Gasteiger partial charge in [-0.15, -0.1) is 0 Å². The zero-order valence-corrected chi connectivity index (χ0v) is 17.6. The molecule has 0 atom stereocenters. The fraction of sp³-hybridized carbons (Fsp3) is 0.368. The van der Waals surface area contributed by atoms with Gasteiger partial charge in [0.1, 0.15) is 13.2 Å². The molecule has 0 saturated heterocycles. The third-order valence-electron chi connectivity index (χ3n) is 5.02. The second-order valence-corrected chi connectivity index (χ2v) is 10.8. The van der Waals surface area contributed by atoms with Crippen LogP contribution in [0.1, 0.15) is 18.1 Å². The smallest absolute Gasteiger partial charge is 0.262 e. The van der Waals surface area contributed by atoms with Crippen LogP contribution in [0.4, 0.5) is 5.69 Å². The largest absolute Gasteiger partial charge is 0.486 e. The highest BCUT2D eigenvalue weighted by Crippen LogP contribution is 2.33. The first-order valence-electron chi connectivity index (χ1n) is 9.30. The zero-order chi connectivity index (χ0) is 20.6. The van der Waals surface area contributed by atoms with Gasteiger partial charge in [0.15, 0.2) is 11.5 Å². The summed E-state index contributed by atoms with van der Waals surface area (Å²) in [5, 5.41) is 0. The number of sulfonamides is 2. The van der Waals surface area contributed by atoms with E-state index in [1.165, 1.54) is 16.4 Å². The van der Waals surface area contributed by atoms with E-state index in [1.807, 2.05) is 6.07 Å². The highest BCUT2D eigenvalue weighted by atomic mass is 32.2. The van der Waals surface area contributed by atoms with Crippen molar-refractivity contribution in [3.05, 3.63) is 47.5 Å². The number of rotatable bonds is 5. The molecule has 10 heteroatoms. The second-order valence-electron chi connectivity index (χ2n) is 6.88.